The average Bonchev–Trinajstić information content (AvgIpc) is 2.68. The van der Waals surface area contributed by atoms with Gasteiger partial charge in [-0.1, -0.05) is 19.1 Å². The van der Waals surface area contributed by atoms with Crippen LogP contribution in [0.2, 0.25) is 0 Å². The minimum atomic E-state index is -0.0628. The quantitative estimate of drug-likeness (QED) is 0.701. The molecule has 0 N–H and O–H groups in total. The lowest BCUT2D eigenvalue weighted by Gasteiger charge is -2.17. The second-order valence-corrected chi connectivity index (χ2v) is 4.20. The van der Waals surface area contributed by atoms with Gasteiger partial charge < -0.3 is 4.90 Å². The Morgan fingerprint density at radius 2 is 2.13 bits per heavy atom. The third kappa shape index (κ3) is 3.80. The number of aromatic nitrogens is 3. The Labute approximate surface area is 96.2 Å². The zero-order valence-corrected chi connectivity index (χ0v) is 10.4. The van der Waals surface area contributed by atoms with E-state index < -0.39 is 0 Å². The van der Waals surface area contributed by atoms with Gasteiger partial charge in [-0.3, -0.25) is 4.68 Å². The van der Waals surface area contributed by atoms with E-state index in [1.165, 1.54) is 0 Å². The molecule has 1 atom stereocenters. The highest BCUT2D eigenvalue weighted by atomic mass is 35.5. The molecule has 0 saturated heterocycles. The van der Waals surface area contributed by atoms with Crippen molar-refractivity contribution in [1.82, 2.24) is 19.9 Å². The van der Waals surface area contributed by atoms with Gasteiger partial charge in [-0.25, -0.2) is 0 Å². The van der Waals surface area contributed by atoms with Crippen LogP contribution in [-0.2, 0) is 6.54 Å². The first-order valence-electron chi connectivity index (χ1n) is 5.43. The average molecular weight is 231 g/mol. The molecule has 1 aromatic rings. The van der Waals surface area contributed by atoms with Gasteiger partial charge in [0.1, 0.15) is 5.69 Å². The van der Waals surface area contributed by atoms with Crippen molar-refractivity contribution >= 4 is 11.6 Å². The highest BCUT2D eigenvalue weighted by Crippen LogP contribution is 2.15. The van der Waals surface area contributed by atoms with Crippen LogP contribution < -0.4 is 0 Å². The molecular formula is C10H19ClN4. The van der Waals surface area contributed by atoms with Crippen molar-refractivity contribution in [2.24, 2.45) is 0 Å². The summed E-state index contributed by atoms with van der Waals surface area (Å²) in [5, 5.41) is 7.98. The molecule has 0 aliphatic carbocycles. The zero-order valence-electron chi connectivity index (χ0n) is 9.65. The molecule has 0 amide bonds. The van der Waals surface area contributed by atoms with Crippen LogP contribution in [0.3, 0.4) is 0 Å². The van der Waals surface area contributed by atoms with Crippen molar-refractivity contribution in [1.29, 1.82) is 0 Å². The lowest BCUT2D eigenvalue weighted by atomic mass is 10.4. The molecule has 0 radical (unpaired) electrons. The maximum absolute atomic E-state index is 5.91. The SMILES string of the molecule is CCN(CC)CCn1cc(C(C)Cl)nn1. The fraction of sp³-hybridized carbons (Fsp3) is 0.800. The van der Waals surface area contributed by atoms with Gasteiger partial charge in [0, 0.05) is 12.7 Å². The number of alkyl halides is 1. The molecule has 86 valence electrons. The lowest BCUT2D eigenvalue weighted by Crippen LogP contribution is -2.27. The van der Waals surface area contributed by atoms with Crippen molar-refractivity contribution in [3.63, 3.8) is 0 Å². The summed E-state index contributed by atoms with van der Waals surface area (Å²) >= 11 is 5.91. The Bertz CT molecular complexity index is 281. The van der Waals surface area contributed by atoms with Crippen LogP contribution in [0.5, 0.6) is 0 Å². The van der Waals surface area contributed by atoms with Crippen molar-refractivity contribution in [3.05, 3.63) is 11.9 Å². The van der Waals surface area contributed by atoms with Gasteiger partial charge in [0.05, 0.1) is 11.9 Å². The summed E-state index contributed by atoms with van der Waals surface area (Å²) in [6.07, 6.45) is 1.92. The molecule has 0 fully saturated rings. The van der Waals surface area contributed by atoms with Gasteiger partial charge in [0.2, 0.25) is 0 Å². The van der Waals surface area contributed by atoms with Crippen LogP contribution in [0.25, 0.3) is 0 Å². The molecule has 5 heteroatoms. The van der Waals surface area contributed by atoms with E-state index in [-0.39, 0.29) is 5.38 Å². The van der Waals surface area contributed by atoms with E-state index in [0.717, 1.165) is 31.9 Å². The van der Waals surface area contributed by atoms with Gasteiger partial charge >= 0.3 is 0 Å². The van der Waals surface area contributed by atoms with Crippen molar-refractivity contribution < 1.29 is 0 Å². The van der Waals surface area contributed by atoms with Gasteiger partial charge in [-0.2, -0.15) is 0 Å². The molecule has 1 rings (SSSR count). The first kappa shape index (κ1) is 12.5. The molecule has 0 aliphatic rings. The summed E-state index contributed by atoms with van der Waals surface area (Å²) in [5.41, 5.74) is 0.844. The minimum absolute atomic E-state index is 0.0628. The van der Waals surface area contributed by atoms with Crippen LogP contribution in [-0.4, -0.2) is 39.5 Å². The van der Waals surface area contributed by atoms with E-state index >= 15 is 0 Å². The molecule has 4 nitrogen and oxygen atoms in total. The minimum Gasteiger partial charge on any atom is -0.302 e. The van der Waals surface area contributed by atoms with E-state index in [2.05, 4.69) is 29.1 Å². The molecule has 0 saturated carbocycles. The monoisotopic (exact) mass is 230 g/mol. The number of likely N-dealkylation sites (N-methyl/N-ethyl adjacent to an activating group) is 1. The Balaban J connectivity index is 2.43. The van der Waals surface area contributed by atoms with Crippen LogP contribution in [0, 0.1) is 0 Å². The highest BCUT2D eigenvalue weighted by Gasteiger charge is 2.07. The number of rotatable bonds is 6. The van der Waals surface area contributed by atoms with Crippen molar-refractivity contribution in [2.75, 3.05) is 19.6 Å². The molecule has 0 spiro atoms. The largest absolute Gasteiger partial charge is 0.302 e. The third-order valence-corrected chi connectivity index (χ3v) is 2.73. The van der Waals surface area contributed by atoms with Gasteiger partial charge in [-0.15, -0.1) is 16.7 Å². The second kappa shape index (κ2) is 6.08. The third-order valence-electron chi connectivity index (χ3n) is 2.50. The first-order valence-corrected chi connectivity index (χ1v) is 5.87. The molecule has 0 bridgehead atoms. The standard InChI is InChI=1S/C10H19ClN4/c1-4-14(5-2)6-7-15-8-10(9(3)11)12-13-15/h8-9H,4-7H2,1-3H3. The number of hydrogen-bond donors (Lipinski definition) is 0. The Kier molecular flexibility index (Phi) is 5.05. The highest BCUT2D eigenvalue weighted by molar-refractivity contribution is 6.20. The van der Waals surface area contributed by atoms with E-state index in [1.54, 1.807) is 0 Å². The number of hydrogen-bond acceptors (Lipinski definition) is 3. The second-order valence-electron chi connectivity index (χ2n) is 3.55. The van der Waals surface area contributed by atoms with Crippen LogP contribution in [0.4, 0.5) is 0 Å². The Morgan fingerprint density at radius 3 is 2.60 bits per heavy atom. The Hall–Kier alpha value is -0.610. The molecule has 1 aromatic heterocycles. The smallest absolute Gasteiger partial charge is 0.100 e. The zero-order chi connectivity index (χ0) is 11.3. The van der Waals surface area contributed by atoms with Gasteiger partial charge in [0.25, 0.3) is 0 Å². The first-order chi connectivity index (χ1) is 7.17. The maximum Gasteiger partial charge on any atom is 0.100 e. The molecule has 0 aliphatic heterocycles. The van der Waals surface area contributed by atoms with E-state index in [4.69, 9.17) is 11.6 Å². The fourth-order valence-corrected chi connectivity index (χ4v) is 1.49. The summed E-state index contributed by atoms with van der Waals surface area (Å²) in [6, 6.07) is 0. The van der Waals surface area contributed by atoms with Crippen molar-refractivity contribution in [2.45, 2.75) is 32.7 Å². The van der Waals surface area contributed by atoms with Gasteiger partial charge in [-0.05, 0) is 20.0 Å². The molecular weight excluding hydrogens is 212 g/mol. The topological polar surface area (TPSA) is 34.0 Å². The fourth-order valence-electron chi connectivity index (χ4n) is 1.39. The van der Waals surface area contributed by atoms with Crippen molar-refractivity contribution in [3.8, 4) is 0 Å². The molecule has 1 heterocycles. The van der Waals surface area contributed by atoms with Crippen LogP contribution in [0.15, 0.2) is 6.20 Å². The summed E-state index contributed by atoms with van der Waals surface area (Å²) in [6.45, 7) is 10.3. The maximum atomic E-state index is 5.91. The summed E-state index contributed by atoms with van der Waals surface area (Å²) in [7, 11) is 0. The molecule has 0 aromatic carbocycles. The Morgan fingerprint density at radius 1 is 1.47 bits per heavy atom. The van der Waals surface area contributed by atoms with E-state index in [1.807, 2.05) is 17.8 Å². The number of halogens is 1. The van der Waals surface area contributed by atoms with Crippen LogP contribution in [0.1, 0.15) is 31.8 Å². The predicted molar refractivity (Wildman–Crippen MR) is 62.1 cm³/mol. The lowest BCUT2D eigenvalue weighted by molar-refractivity contribution is 0.284. The van der Waals surface area contributed by atoms with E-state index in [0.29, 0.717) is 0 Å². The summed E-state index contributed by atoms with van der Waals surface area (Å²) in [5.74, 6) is 0. The summed E-state index contributed by atoms with van der Waals surface area (Å²) in [4.78, 5) is 2.35. The molecule has 15 heavy (non-hydrogen) atoms. The molecule has 1 unspecified atom stereocenters. The predicted octanol–water partition coefficient (Wildman–Crippen LogP) is 1.92. The van der Waals surface area contributed by atoms with E-state index in [9.17, 15) is 0 Å². The summed E-state index contributed by atoms with van der Waals surface area (Å²) < 4.78 is 1.85. The number of nitrogens with zero attached hydrogens (tertiary/aromatic N) is 4. The van der Waals surface area contributed by atoms with Gasteiger partial charge in [0.15, 0.2) is 0 Å². The normalized spacial score (nSPS) is 13.4. The van der Waals surface area contributed by atoms with Crippen LogP contribution >= 0.6 is 11.6 Å².